The van der Waals surface area contributed by atoms with Gasteiger partial charge in [0, 0.05) is 22.7 Å². The van der Waals surface area contributed by atoms with Crippen LogP contribution in [0.3, 0.4) is 0 Å². The molecule has 0 spiro atoms. The van der Waals surface area contributed by atoms with Crippen molar-refractivity contribution in [3.05, 3.63) is 52.8 Å². The van der Waals surface area contributed by atoms with Crippen LogP contribution >= 0.6 is 15.9 Å². The van der Waals surface area contributed by atoms with Gasteiger partial charge in [0.2, 0.25) is 0 Å². The second kappa shape index (κ2) is 8.36. The summed E-state index contributed by atoms with van der Waals surface area (Å²) in [6.07, 6.45) is 2.94. The van der Waals surface area contributed by atoms with E-state index in [4.69, 9.17) is 4.74 Å². The molecule has 1 aromatic rings. The molecule has 21 heavy (non-hydrogen) atoms. The fraction of sp³-hybridized carbons (Fsp3) is 0.200. The monoisotopic (exact) mass is 355 g/mol. The first kappa shape index (κ1) is 17.1. The van der Waals surface area contributed by atoms with Crippen molar-refractivity contribution in [2.75, 3.05) is 6.54 Å². The lowest BCUT2D eigenvalue weighted by molar-refractivity contribution is -0.150. The summed E-state index contributed by atoms with van der Waals surface area (Å²) in [5.74, 6) is -1.61. The summed E-state index contributed by atoms with van der Waals surface area (Å²) in [6.45, 7) is 5.20. The van der Waals surface area contributed by atoms with Gasteiger partial charge < -0.3 is 10.1 Å². The second-order valence-corrected chi connectivity index (χ2v) is 5.03. The molecule has 0 aliphatic carbocycles. The molecule has 4 nitrogen and oxygen atoms in total. The highest BCUT2D eigenvalue weighted by atomic mass is 79.9. The molecule has 0 saturated carbocycles. The van der Waals surface area contributed by atoms with Gasteiger partial charge in [-0.15, -0.1) is 6.58 Å². The number of carbonyl (C=O) groups excluding carboxylic acids is 2. The van der Waals surface area contributed by atoms with Gasteiger partial charge >= 0.3 is 5.97 Å². The molecule has 1 amide bonds. The van der Waals surface area contributed by atoms with E-state index in [0.29, 0.717) is 11.0 Å². The van der Waals surface area contributed by atoms with Gasteiger partial charge in [0.1, 0.15) is 5.82 Å². The molecule has 0 aliphatic heterocycles. The van der Waals surface area contributed by atoms with Crippen LogP contribution in [0.1, 0.15) is 12.5 Å². The number of ether oxygens (including phenoxy) is 1. The van der Waals surface area contributed by atoms with Gasteiger partial charge in [-0.25, -0.2) is 9.18 Å². The van der Waals surface area contributed by atoms with Crippen LogP contribution in [0, 0.1) is 5.82 Å². The van der Waals surface area contributed by atoms with E-state index in [1.165, 1.54) is 31.2 Å². The molecule has 0 bridgehead atoms. The van der Waals surface area contributed by atoms with E-state index in [9.17, 15) is 14.0 Å². The molecule has 0 aromatic heterocycles. The first-order valence-corrected chi connectivity index (χ1v) is 6.95. The van der Waals surface area contributed by atoms with Gasteiger partial charge in [0.25, 0.3) is 5.91 Å². The average Bonchev–Trinajstić information content (AvgIpc) is 2.45. The van der Waals surface area contributed by atoms with Gasteiger partial charge in [-0.2, -0.15) is 0 Å². The van der Waals surface area contributed by atoms with Crippen LogP contribution in [-0.2, 0) is 14.3 Å². The van der Waals surface area contributed by atoms with Gasteiger partial charge in [-0.3, -0.25) is 4.79 Å². The van der Waals surface area contributed by atoms with E-state index >= 15 is 0 Å². The van der Waals surface area contributed by atoms with E-state index in [1.54, 1.807) is 6.07 Å². The Bertz CT molecular complexity index is 572. The van der Waals surface area contributed by atoms with Crippen molar-refractivity contribution in [1.29, 1.82) is 0 Å². The zero-order valence-electron chi connectivity index (χ0n) is 11.4. The molecule has 0 saturated heterocycles. The van der Waals surface area contributed by atoms with Crippen molar-refractivity contribution < 1.29 is 18.7 Å². The smallest absolute Gasteiger partial charge is 0.331 e. The maximum Gasteiger partial charge on any atom is 0.331 e. The number of halogens is 2. The van der Waals surface area contributed by atoms with Crippen LogP contribution in [0.15, 0.2) is 41.4 Å². The summed E-state index contributed by atoms with van der Waals surface area (Å²) >= 11 is 3.21. The van der Waals surface area contributed by atoms with Crippen molar-refractivity contribution in [2.45, 2.75) is 13.0 Å². The van der Waals surface area contributed by atoms with E-state index in [1.807, 2.05) is 0 Å². The Morgan fingerprint density at radius 1 is 1.52 bits per heavy atom. The fourth-order valence-electron chi connectivity index (χ4n) is 1.38. The highest BCUT2D eigenvalue weighted by Gasteiger charge is 2.15. The summed E-state index contributed by atoms with van der Waals surface area (Å²) in [6, 6.07) is 4.36. The number of rotatable bonds is 6. The van der Waals surface area contributed by atoms with Crippen molar-refractivity contribution in [3.63, 3.8) is 0 Å². The van der Waals surface area contributed by atoms with Gasteiger partial charge in [0.15, 0.2) is 6.10 Å². The van der Waals surface area contributed by atoms with E-state index in [-0.39, 0.29) is 5.56 Å². The topological polar surface area (TPSA) is 55.4 Å². The maximum absolute atomic E-state index is 13.5. The maximum atomic E-state index is 13.5. The Labute approximate surface area is 130 Å². The fourth-order valence-corrected chi connectivity index (χ4v) is 1.76. The van der Waals surface area contributed by atoms with Gasteiger partial charge in [-0.1, -0.05) is 22.0 Å². The third kappa shape index (κ3) is 5.91. The van der Waals surface area contributed by atoms with Crippen LogP contribution in [0.2, 0.25) is 0 Å². The van der Waals surface area contributed by atoms with Crippen molar-refractivity contribution in [2.24, 2.45) is 0 Å². The molecule has 6 heteroatoms. The van der Waals surface area contributed by atoms with Crippen LogP contribution in [0.25, 0.3) is 6.08 Å². The average molecular weight is 356 g/mol. The van der Waals surface area contributed by atoms with Crippen molar-refractivity contribution >= 4 is 33.9 Å². The molecule has 1 aromatic carbocycles. The number of hydrogen-bond donors (Lipinski definition) is 1. The summed E-state index contributed by atoms with van der Waals surface area (Å²) in [5.41, 5.74) is 0.241. The van der Waals surface area contributed by atoms with Crippen LogP contribution in [-0.4, -0.2) is 24.5 Å². The lowest BCUT2D eigenvalue weighted by atomic mass is 10.2. The Kier molecular flexibility index (Phi) is 6.81. The number of hydrogen-bond acceptors (Lipinski definition) is 3. The van der Waals surface area contributed by atoms with Crippen LogP contribution in [0.5, 0.6) is 0 Å². The zero-order chi connectivity index (χ0) is 15.8. The number of benzene rings is 1. The van der Waals surface area contributed by atoms with Crippen LogP contribution < -0.4 is 5.32 Å². The van der Waals surface area contributed by atoms with E-state index < -0.39 is 23.8 Å². The predicted octanol–water partition coefficient (Wildman–Crippen LogP) is 2.84. The molecule has 0 aliphatic rings. The second-order valence-electron chi connectivity index (χ2n) is 4.11. The zero-order valence-corrected chi connectivity index (χ0v) is 13.0. The van der Waals surface area contributed by atoms with Crippen LogP contribution in [0.4, 0.5) is 4.39 Å². The molecule has 1 N–H and O–H groups in total. The van der Waals surface area contributed by atoms with Crippen molar-refractivity contribution in [3.8, 4) is 0 Å². The summed E-state index contributed by atoms with van der Waals surface area (Å²) in [5, 5.41) is 2.50. The summed E-state index contributed by atoms with van der Waals surface area (Å²) in [7, 11) is 0. The lowest BCUT2D eigenvalue weighted by Gasteiger charge is -2.11. The first-order valence-electron chi connectivity index (χ1n) is 6.16. The number of nitrogens with one attached hydrogen (secondary N) is 1. The summed E-state index contributed by atoms with van der Waals surface area (Å²) < 4.78 is 19.0. The largest absolute Gasteiger partial charge is 0.449 e. The minimum Gasteiger partial charge on any atom is -0.449 e. The summed E-state index contributed by atoms with van der Waals surface area (Å²) in [4.78, 5) is 23.0. The van der Waals surface area contributed by atoms with Gasteiger partial charge in [-0.05, 0) is 31.2 Å². The quantitative estimate of drug-likeness (QED) is 0.485. The Morgan fingerprint density at radius 3 is 2.90 bits per heavy atom. The van der Waals surface area contributed by atoms with E-state index in [0.717, 1.165) is 6.08 Å². The molecule has 1 atom stereocenters. The minimum absolute atomic E-state index is 0.241. The highest BCUT2D eigenvalue weighted by molar-refractivity contribution is 9.10. The molecule has 1 rings (SSSR count). The highest BCUT2D eigenvalue weighted by Crippen LogP contribution is 2.16. The number of amides is 1. The first-order chi connectivity index (χ1) is 9.93. The normalized spacial score (nSPS) is 12.0. The molecular weight excluding hydrogens is 341 g/mol. The number of carbonyl (C=O) groups is 2. The standard InChI is InChI=1S/C15H15BrFNO3/c1-3-8-18-15(20)10(2)21-14(19)7-4-11-9-12(16)5-6-13(11)17/h3-7,9-10H,1,8H2,2H3,(H,18,20)/b7-4+. The Balaban J connectivity index is 2.60. The third-order valence-electron chi connectivity index (χ3n) is 2.44. The molecule has 112 valence electrons. The molecule has 1 unspecified atom stereocenters. The minimum atomic E-state index is -0.936. The lowest BCUT2D eigenvalue weighted by Crippen LogP contribution is -2.35. The van der Waals surface area contributed by atoms with Crippen molar-refractivity contribution in [1.82, 2.24) is 5.32 Å². The predicted molar refractivity (Wildman–Crippen MR) is 81.9 cm³/mol. The third-order valence-corrected chi connectivity index (χ3v) is 2.93. The Morgan fingerprint density at radius 2 is 2.24 bits per heavy atom. The number of esters is 1. The molecular formula is C15H15BrFNO3. The molecule has 0 fully saturated rings. The SMILES string of the molecule is C=CCNC(=O)C(C)OC(=O)/C=C/c1cc(Br)ccc1F. The molecule has 0 heterocycles. The Hall–Kier alpha value is -1.95. The van der Waals surface area contributed by atoms with Gasteiger partial charge in [0.05, 0.1) is 0 Å². The molecule has 0 radical (unpaired) electrons. The van der Waals surface area contributed by atoms with E-state index in [2.05, 4.69) is 27.8 Å².